The van der Waals surface area contributed by atoms with E-state index >= 15 is 0 Å². The lowest BCUT2D eigenvalue weighted by Crippen LogP contribution is -2.32. The van der Waals surface area contributed by atoms with Gasteiger partial charge in [-0.3, -0.25) is 0 Å². The van der Waals surface area contributed by atoms with Crippen molar-refractivity contribution in [2.75, 3.05) is 28.3 Å². The first-order chi connectivity index (χ1) is 12.6. The third-order valence-corrected chi connectivity index (χ3v) is 3.74. The number of ether oxygens (including phenoxy) is 1. The topological polar surface area (TPSA) is 55.7 Å². The summed E-state index contributed by atoms with van der Waals surface area (Å²) in [6.45, 7) is 2.42. The number of amidine groups is 1. The molecular weight excluding hydrogens is 330 g/mol. The van der Waals surface area contributed by atoms with Gasteiger partial charge < -0.3 is 19.3 Å². The maximum absolute atomic E-state index is 6.01. The molecular formula is C20H25N3O3. The van der Waals surface area contributed by atoms with E-state index in [1.807, 2.05) is 74.4 Å². The fraction of sp³-hybridized carbons (Fsp3) is 0.300. The molecule has 6 nitrogen and oxygen atoms in total. The molecule has 2 aromatic carbocycles. The molecule has 0 atom stereocenters. The summed E-state index contributed by atoms with van der Waals surface area (Å²) in [4.78, 5) is 11.9. The summed E-state index contributed by atoms with van der Waals surface area (Å²) in [7, 11) is 6.75. The Hall–Kier alpha value is -3.02. The van der Waals surface area contributed by atoms with Crippen LogP contribution in [0.3, 0.4) is 0 Å². The Morgan fingerprint density at radius 3 is 2.23 bits per heavy atom. The van der Waals surface area contributed by atoms with Crippen molar-refractivity contribution < 1.29 is 14.4 Å². The number of oxime groups is 2. The van der Waals surface area contributed by atoms with Crippen LogP contribution in [-0.4, -0.2) is 44.8 Å². The minimum absolute atomic E-state index is 0.400. The van der Waals surface area contributed by atoms with Crippen molar-refractivity contribution in [1.29, 1.82) is 0 Å². The highest BCUT2D eigenvalue weighted by molar-refractivity contribution is 6.47. The van der Waals surface area contributed by atoms with Gasteiger partial charge in [0.1, 0.15) is 26.6 Å². The molecule has 138 valence electrons. The molecule has 0 aliphatic rings. The quantitative estimate of drug-likeness (QED) is 0.434. The maximum Gasteiger partial charge on any atom is 0.197 e. The van der Waals surface area contributed by atoms with E-state index in [2.05, 4.69) is 10.3 Å². The normalized spacial score (nSPS) is 11.9. The highest BCUT2D eigenvalue weighted by Crippen LogP contribution is 2.20. The largest absolute Gasteiger partial charge is 0.489 e. The Morgan fingerprint density at radius 1 is 0.923 bits per heavy atom. The van der Waals surface area contributed by atoms with E-state index in [0.717, 1.165) is 22.4 Å². The number of benzene rings is 2. The van der Waals surface area contributed by atoms with Crippen molar-refractivity contribution in [3.63, 3.8) is 0 Å². The number of rotatable bonds is 7. The minimum atomic E-state index is 0.400. The Morgan fingerprint density at radius 2 is 1.58 bits per heavy atom. The molecule has 2 aromatic rings. The van der Waals surface area contributed by atoms with Gasteiger partial charge in [-0.05, 0) is 24.1 Å². The summed E-state index contributed by atoms with van der Waals surface area (Å²) >= 11 is 0. The second-order valence-corrected chi connectivity index (χ2v) is 5.83. The number of hydrogen-bond acceptors (Lipinski definition) is 5. The molecule has 0 radical (unpaired) electrons. The Balaban J connectivity index is 2.38. The van der Waals surface area contributed by atoms with E-state index in [9.17, 15) is 0 Å². The van der Waals surface area contributed by atoms with E-state index in [4.69, 9.17) is 14.4 Å². The van der Waals surface area contributed by atoms with Crippen molar-refractivity contribution in [2.45, 2.75) is 13.5 Å². The molecule has 2 rings (SSSR count). The van der Waals surface area contributed by atoms with Gasteiger partial charge in [0.2, 0.25) is 0 Å². The smallest absolute Gasteiger partial charge is 0.197 e. The van der Waals surface area contributed by atoms with Crippen LogP contribution in [0, 0.1) is 6.92 Å². The number of para-hydroxylation sites is 1. The van der Waals surface area contributed by atoms with Crippen molar-refractivity contribution in [2.24, 2.45) is 10.3 Å². The van der Waals surface area contributed by atoms with Crippen molar-refractivity contribution in [1.82, 2.24) is 4.90 Å². The second-order valence-electron chi connectivity index (χ2n) is 5.83. The maximum atomic E-state index is 6.01. The predicted octanol–water partition coefficient (Wildman–Crippen LogP) is 3.45. The minimum Gasteiger partial charge on any atom is -0.489 e. The average Bonchev–Trinajstić information content (AvgIpc) is 2.64. The van der Waals surface area contributed by atoms with Crippen LogP contribution >= 0.6 is 0 Å². The van der Waals surface area contributed by atoms with Crippen LogP contribution in [0.15, 0.2) is 58.8 Å². The summed E-state index contributed by atoms with van der Waals surface area (Å²) in [6.07, 6.45) is 0. The average molecular weight is 355 g/mol. The first-order valence-corrected chi connectivity index (χ1v) is 8.25. The predicted molar refractivity (Wildman–Crippen MR) is 104 cm³/mol. The summed E-state index contributed by atoms with van der Waals surface area (Å²) in [6, 6.07) is 15.8. The van der Waals surface area contributed by atoms with Crippen LogP contribution in [0.4, 0.5) is 0 Å². The third kappa shape index (κ3) is 4.75. The zero-order valence-corrected chi connectivity index (χ0v) is 15.9. The van der Waals surface area contributed by atoms with Gasteiger partial charge in [-0.15, -0.1) is 0 Å². The SMILES string of the molecule is CO/N=C(\C(=N\OC)N(C)C)c1ccccc1COc1ccccc1C. The van der Waals surface area contributed by atoms with Crippen LogP contribution < -0.4 is 4.74 Å². The van der Waals surface area contributed by atoms with Crippen molar-refractivity contribution >= 4 is 11.5 Å². The van der Waals surface area contributed by atoms with Gasteiger partial charge in [0.15, 0.2) is 11.5 Å². The molecule has 0 amide bonds. The zero-order valence-electron chi connectivity index (χ0n) is 15.9. The van der Waals surface area contributed by atoms with Gasteiger partial charge in [0, 0.05) is 19.7 Å². The highest BCUT2D eigenvalue weighted by Gasteiger charge is 2.19. The summed E-state index contributed by atoms with van der Waals surface area (Å²) < 4.78 is 6.01. The zero-order chi connectivity index (χ0) is 18.9. The fourth-order valence-electron chi connectivity index (χ4n) is 2.48. The van der Waals surface area contributed by atoms with Crippen LogP contribution in [0.1, 0.15) is 16.7 Å². The van der Waals surface area contributed by atoms with Gasteiger partial charge in [-0.25, -0.2) is 0 Å². The Labute approximate surface area is 154 Å². The first kappa shape index (κ1) is 19.3. The van der Waals surface area contributed by atoms with E-state index < -0.39 is 0 Å². The molecule has 0 aliphatic heterocycles. The molecule has 6 heteroatoms. The van der Waals surface area contributed by atoms with Gasteiger partial charge in [0.25, 0.3) is 0 Å². The van der Waals surface area contributed by atoms with Crippen LogP contribution in [0.25, 0.3) is 0 Å². The Bertz CT molecular complexity index is 785. The summed E-state index contributed by atoms with van der Waals surface area (Å²) in [5.41, 5.74) is 3.50. The van der Waals surface area contributed by atoms with Gasteiger partial charge in [-0.1, -0.05) is 52.8 Å². The molecule has 26 heavy (non-hydrogen) atoms. The standard InChI is InChI=1S/C20H25N3O3/c1-15-10-6-9-13-18(15)26-14-16-11-7-8-12-17(16)19(21-24-4)20(22-25-5)23(2)3/h6-13H,14H2,1-5H3/b21-19-,22-20-. The fourth-order valence-corrected chi connectivity index (χ4v) is 2.48. The van der Waals surface area contributed by atoms with E-state index in [-0.39, 0.29) is 0 Å². The molecule has 0 saturated heterocycles. The van der Waals surface area contributed by atoms with Crippen LogP contribution in [-0.2, 0) is 16.3 Å². The van der Waals surface area contributed by atoms with E-state index in [1.54, 1.807) is 0 Å². The lowest BCUT2D eigenvalue weighted by Gasteiger charge is -2.18. The number of likely N-dealkylation sites (N-methyl/N-ethyl adjacent to an activating group) is 1. The van der Waals surface area contributed by atoms with Gasteiger partial charge in [-0.2, -0.15) is 0 Å². The molecule has 0 spiro atoms. The highest BCUT2D eigenvalue weighted by atomic mass is 16.6. The monoisotopic (exact) mass is 355 g/mol. The summed E-state index contributed by atoms with van der Waals surface area (Å²) in [5.74, 6) is 1.41. The molecule has 0 unspecified atom stereocenters. The molecule has 0 aromatic heterocycles. The molecule has 0 N–H and O–H groups in total. The molecule has 0 bridgehead atoms. The number of hydrogen-bond donors (Lipinski definition) is 0. The number of nitrogens with zero attached hydrogens (tertiary/aromatic N) is 3. The lowest BCUT2D eigenvalue weighted by molar-refractivity contribution is 0.206. The molecule has 0 fully saturated rings. The lowest BCUT2D eigenvalue weighted by atomic mass is 10.0. The van der Waals surface area contributed by atoms with E-state index in [1.165, 1.54) is 14.2 Å². The summed E-state index contributed by atoms with van der Waals surface area (Å²) in [5, 5.41) is 8.26. The number of aryl methyl sites for hydroxylation is 1. The van der Waals surface area contributed by atoms with E-state index in [0.29, 0.717) is 18.2 Å². The third-order valence-electron chi connectivity index (χ3n) is 3.74. The molecule has 0 saturated carbocycles. The second kappa shape index (κ2) is 9.46. The van der Waals surface area contributed by atoms with Gasteiger partial charge >= 0.3 is 0 Å². The Kier molecular flexibility index (Phi) is 7.02. The van der Waals surface area contributed by atoms with Crippen LogP contribution in [0.2, 0.25) is 0 Å². The molecule has 0 heterocycles. The molecule has 0 aliphatic carbocycles. The van der Waals surface area contributed by atoms with Crippen molar-refractivity contribution in [3.8, 4) is 5.75 Å². The van der Waals surface area contributed by atoms with Gasteiger partial charge in [0.05, 0.1) is 0 Å². The van der Waals surface area contributed by atoms with Crippen molar-refractivity contribution in [3.05, 3.63) is 65.2 Å². The van der Waals surface area contributed by atoms with Crippen LogP contribution in [0.5, 0.6) is 5.75 Å². The first-order valence-electron chi connectivity index (χ1n) is 8.25.